The molecule has 0 saturated heterocycles. The monoisotopic (exact) mass is 336 g/mol. The molecule has 0 spiro atoms. The van der Waals surface area contributed by atoms with Crippen molar-refractivity contribution in [1.82, 2.24) is 4.90 Å². The van der Waals surface area contributed by atoms with Crippen LogP contribution in [-0.4, -0.2) is 49.9 Å². The minimum Gasteiger partial charge on any atom is -0.338 e. The molecule has 132 valence electrons. The zero-order valence-corrected chi connectivity index (χ0v) is 14.5. The number of benzene rings is 1. The summed E-state index contributed by atoms with van der Waals surface area (Å²) in [5.74, 6) is -0.554. The van der Waals surface area contributed by atoms with Gasteiger partial charge >= 0.3 is 0 Å². The zero-order valence-electron chi connectivity index (χ0n) is 14.5. The van der Waals surface area contributed by atoms with Crippen LogP contribution in [0.4, 0.5) is 10.1 Å². The van der Waals surface area contributed by atoms with Gasteiger partial charge in [-0.05, 0) is 31.0 Å². The quantitative estimate of drug-likeness (QED) is 0.816. The second kappa shape index (κ2) is 8.78. The number of nitrogens with zero attached hydrogens (tertiary/aromatic N) is 1. The smallest absolute Gasteiger partial charge is 0.279 e. The van der Waals surface area contributed by atoms with Crippen molar-refractivity contribution in [2.24, 2.45) is 0 Å². The molecular weight excluding hydrogens is 309 g/mol. The van der Waals surface area contributed by atoms with E-state index in [1.807, 2.05) is 19.0 Å². The SMILES string of the molecule is CN(C(=O)C[NH+](C)CC(=O)Nc1cccc(F)c1)C1CCCCC1. The van der Waals surface area contributed by atoms with E-state index >= 15 is 0 Å². The van der Waals surface area contributed by atoms with Crippen LogP contribution in [0.1, 0.15) is 32.1 Å². The standard InChI is InChI=1S/C18H26FN3O2/c1-21(12-17(23)20-15-8-6-7-14(19)11-15)13-18(24)22(2)16-9-4-3-5-10-16/h6-8,11,16H,3-5,9-10,12-13H2,1-2H3,(H,20,23)/p+1. The fraction of sp³-hybridized carbons (Fsp3) is 0.556. The predicted octanol–water partition coefficient (Wildman–Crippen LogP) is 1.07. The Morgan fingerprint density at radius 3 is 2.62 bits per heavy atom. The van der Waals surface area contributed by atoms with E-state index in [1.165, 1.54) is 31.4 Å². The van der Waals surface area contributed by atoms with Crippen LogP contribution in [0.25, 0.3) is 0 Å². The van der Waals surface area contributed by atoms with Gasteiger partial charge in [-0.1, -0.05) is 25.3 Å². The predicted molar refractivity (Wildman–Crippen MR) is 91.3 cm³/mol. The molecule has 0 aromatic heterocycles. The summed E-state index contributed by atoms with van der Waals surface area (Å²) in [6.45, 7) is 0.449. The van der Waals surface area contributed by atoms with E-state index in [9.17, 15) is 14.0 Å². The topological polar surface area (TPSA) is 53.9 Å². The van der Waals surface area contributed by atoms with Gasteiger partial charge in [0.2, 0.25) is 0 Å². The molecule has 2 amide bonds. The first-order valence-electron chi connectivity index (χ1n) is 8.58. The number of hydrogen-bond acceptors (Lipinski definition) is 2. The van der Waals surface area contributed by atoms with Crippen LogP contribution in [0, 0.1) is 5.82 Å². The highest BCUT2D eigenvalue weighted by Gasteiger charge is 2.24. The minimum absolute atomic E-state index is 0.0676. The van der Waals surface area contributed by atoms with Crippen LogP contribution >= 0.6 is 0 Å². The number of likely N-dealkylation sites (N-methyl/N-ethyl adjacent to an activating group) is 2. The maximum absolute atomic E-state index is 13.1. The van der Waals surface area contributed by atoms with Crippen LogP contribution in [0.15, 0.2) is 24.3 Å². The van der Waals surface area contributed by atoms with E-state index in [0.29, 0.717) is 11.7 Å². The summed E-state index contributed by atoms with van der Waals surface area (Å²) in [7, 11) is 3.68. The fourth-order valence-electron chi connectivity index (χ4n) is 3.16. The number of halogens is 1. The van der Waals surface area contributed by atoms with Crippen molar-refractivity contribution in [2.75, 3.05) is 32.5 Å². The van der Waals surface area contributed by atoms with Gasteiger partial charge in [-0.2, -0.15) is 0 Å². The average Bonchev–Trinajstić information content (AvgIpc) is 2.54. The molecule has 2 N–H and O–H groups in total. The van der Waals surface area contributed by atoms with Crippen molar-refractivity contribution in [1.29, 1.82) is 0 Å². The molecule has 24 heavy (non-hydrogen) atoms. The molecular formula is C18H27FN3O2+. The number of carbonyl (C=O) groups is 2. The van der Waals surface area contributed by atoms with Crippen molar-refractivity contribution in [2.45, 2.75) is 38.1 Å². The van der Waals surface area contributed by atoms with Crippen LogP contribution in [0.5, 0.6) is 0 Å². The average molecular weight is 336 g/mol. The normalized spacial score (nSPS) is 16.5. The van der Waals surface area contributed by atoms with Crippen molar-refractivity contribution in [3.8, 4) is 0 Å². The molecule has 0 aliphatic heterocycles. The molecule has 5 nitrogen and oxygen atoms in total. The van der Waals surface area contributed by atoms with Gasteiger partial charge in [0.25, 0.3) is 11.8 Å². The van der Waals surface area contributed by atoms with E-state index in [-0.39, 0.29) is 24.9 Å². The highest BCUT2D eigenvalue weighted by molar-refractivity contribution is 5.91. The summed E-state index contributed by atoms with van der Waals surface area (Å²) in [6, 6.07) is 6.12. The third-order valence-electron chi connectivity index (χ3n) is 4.54. The second-order valence-corrected chi connectivity index (χ2v) is 6.67. The highest BCUT2D eigenvalue weighted by Crippen LogP contribution is 2.21. The summed E-state index contributed by atoms with van der Waals surface area (Å²) in [4.78, 5) is 27.0. The fourth-order valence-corrected chi connectivity index (χ4v) is 3.16. The third-order valence-corrected chi connectivity index (χ3v) is 4.54. The van der Waals surface area contributed by atoms with Gasteiger partial charge in [0, 0.05) is 18.8 Å². The first-order chi connectivity index (χ1) is 11.5. The molecule has 1 aromatic rings. The van der Waals surface area contributed by atoms with Gasteiger partial charge < -0.3 is 15.1 Å². The first-order valence-corrected chi connectivity index (χ1v) is 8.58. The van der Waals surface area contributed by atoms with E-state index in [0.717, 1.165) is 17.7 Å². The summed E-state index contributed by atoms with van der Waals surface area (Å²) < 4.78 is 13.1. The lowest BCUT2D eigenvalue weighted by Crippen LogP contribution is -3.11. The molecule has 1 atom stereocenters. The largest absolute Gasteiger partial charge is 0.338 e. The van der Waals surface area contributed by atoms with E-state index in [1.54, 1.807) is 12.1 Å². The molecule has 0 heterocycles. The highest BCUT2D eigenvalue weighted by atomic mass is 19.1. The molecule has 1 unspecified atom stereocenters. The van der Waals surface area contributed by atoms with Crippen molar-refractivity contribution in [3.05, 3.63) is 30.1 Å². The van der Waals surface area contributed by atoms with E-state index in [4.69, 9.17) is 0 Å². The van der Waals surface area contributed by atoms with Gasteiger partial charge in [0.05, 0.1) is 7.05 Å². The molecule has 1 aliphatic rings. The first kappa shape index (κ1) is 18.4. The molecule has 1 saturated carbocycles. The Morgan fingerprint density at radius 1 is 1.25 bits per heavy atom. The zero-order chi connectivity index (χ0) is 17.5. The van der Waals surface area contributed by atoms with Gasteiger partial charge in [0.1, 0.15) is 5.82 Å². The maximum Gasteiger partial charge on any atom is 0.279 e. The summed E-state index contributed by atoms with van der Waals surface area (Å²) >= 11 is 0. The lowest BCUT2D eigenvalue weighted by Gasteiger charge is -2.31. The van der Waals surface area contributed by atoms with Crippen LogP contribution in [0.3, 0.4) is 0 Å². The Labute approximate surface area is 142 Å². The Bertz CT molecular complexity index is 573. The molecule has 6 heteroatoms. The molecule has 0 bridgehead atoms. The maximum atomic E-state index is 13.1. The summed E-state index contributed by atoms with van der Waals surface area (Å²) in [5.41, 5.74) is 0.429. The number of rotatable bonds is 6. The lowest BCUT2D eigenvalue weighted by atomic mass is 9.94. The van der Waals surface area contributed by atoms with Gasteiger partial charge in [0.15, 0.2) is 13.1 Å². The number of carbonyl (C=O) groups excluding carboxylic acids is 2. The van der Waals surface area contributed by atoms with E-state index in [2.05, 4.69) is 5.32 Å². The molecule has 0 radical (unpaired) electrons. The summed E-state index contributed by atoms with van der Waals surface area (Å²) in [5, 5.41) is 2.65. The third kappa shape index (κ3) is 5.60. The van der Waals surface area contributed by atoms with Crippen LogP contribution < -0.4 is 10.2 Å². The molecule has 1 aromatic carbocycles. The molecule has 1 fully saturated rings. The molecule has 1 aliphatic carbocycles. The minimum atomic E-state index is -0.391. The number of quaternary nitrogens is 1. The Kier molecular flexibility index (Phi) is 6.73. The number of nitrogens with one attached hydrogen (secondary N) is 2. The number of hydrogen-bond donors (Lipinski definition) is 2. The second-order valence-electron chi connectivity index (χ2n) is 6.67. The van der Waals surface area contributed by atoms with E-state index < -0.39 is 5.82 Å². The van der Waals surface area contributed by atoms with Crippen molar-refractivity contribution < 1.29 is 18.9 Å². The number of anilines is 1. The van der Waals surface area contributed by atoms with Gasteiger partial charge in [-0.25, -0.2) is 4.39 Å². The Hall–Kier alpha value is -1.95. The Balaban J connectivity index is 1.78. The Morgan fingerprint density at radius 2 is 1.96 bits per heavy atom. The summed E-state index contributed by atoms with van der Waals surface area (Å²) in [6.07, 6.45) is 5.76. The van der Waals surface area contributed by atoms with Gasteiger partial charge in [-0.3, -0.25) is 9.59 Å². The lowest BCUT2D eigenvalue weighted by molar-refractivity contribution is -0.862. The molecule has 2 rings (SSSR count). The number of amides is 2. The van der Waals surface area contributed by atoms with Crippen LogP contribution in [-0.2, 0) is 9.59 Å². The van der Waals surface area contributed by atoms with Gasteiger partial charge in [-0.15, -0.1) is 0 Å². The van der Waals surface area contributed by atoms with Crippen molar-refractivity contribution in [3.63, 3.8) is 0 Å². The van der Waals surface area contributed by atoms with Crippen LogP contribution in [0.2, 0.25) is 0 Å². The van der Waals surface area contributed by atoms with Crippen molar-refractivity contribution >= 4 is 17.5 Å².